The van der Waals surface area contributed by atoms with Gasteiger partial charge in [0.05, 0.1) is 20.3 Å². The molecule has 0 saturated carbocycles. The van der Waals surface area contributed by atoms with Crippen molar-refractivity contribution in [2.24, 2.45) is 5.73 Å². The summed E-state index contributed by atoms with van der Waals surface area (Å²) in [6, 6.07) is 6.18. The first kappa shape index (κ1) is 17.1. The van der Waals surface area contributed by atoms with Gasteiger partial charge < -0.3 is 20.1 Å². The Morgan fingerprint density at radius 1 is 1.41 bits per heavy atom. The first-order chi connectivity index (χ1) is 10.2. The Morgan fingerprint density at radius 3 is 2.77 bits per heavy atom. The van der Waals surface area contributed by atoms with Gasteiger partial charge in [-0.3, -0.25) is 4.79 Å². The van der Waals surface area contributed by atoms with E-state index in [2.05, 4.69) is 6.07 Å². The highest BCUT2D eigenvalue weighted by atomic mass is 35.5. The van der Waals surface area contributed by atoms with Crippen molar-refractivity contribution in [2.75, 3.05) is 33.4 Å². The molecular formula is C16H23ClN2O3. The molecule has 0 radical (unpaired) electrons. The Bertz CT molecular complexity index is 528. The molecule has 2 aliphatic heterocycles. The van der Waals surface area contributed by atoms with Crippen LogP contribution < -0.4 is 10.5 Å². The van der Waals surface area contributed by atoms with Crippen LogP contribution in [0.1, 0.15) is 24.0 Å². The third kappa shape index (κ3) is 2.81. The minimum atomic E-state index is -0.314. The molecule has 1 fully saturated rings. The van der Waals surface area contributed by atoms with Crippen LogP contribution in [0, 0.1) is 0 Å². The number of methoxy groups -OCH3 is 1. The number of amides is 1. The molecule has 0 aromatic heterocycles. The van der Waals surface area contributed by atoms with E-state index in [-0.39, 0.29) is 30.5 Å². The van der Waals surface area contributed by atoms with E-state index in [1.807, 2.05) is 17.0 Å². The number of fused-ring (bicyclic) bond motifs is 2. The summed E-state index contributed by atoms with van der Waals surface area (Å²) in [5, 5.41) is 0. The molecule has 122 valence electrons. The number of benzene rings is 1. The van der Waals surface area contributed by atoms with Gasteiger partial charge in [0, 0.05) is 18.7 Å². The number of rotatable bonds is 2. The van der Waals surface area contributed by atoms with Crippen molar-refractivity contribution in [3.8, 4) is 5.75 Å². The van der Waals surface area contributed by atoms with Crippen molar-refractivity contribution in [1.29, 1.82) is 0 Å². The van der Waals surface area contributed by atoms with Crippen LogP contribution in [0.4, 0.5) is 0 Å². The van der Waals surface area contributed by atoms with Crippen LogP contribution in [-0.4, -0.2) is 44.2 Å². The third-order valence-electron chi connectivity index (χ3n) is 4.64. The zero-order valence-electron chi connectivity index (χ0n) is 12.8. The number of ether oxygens (including phenoxy) is 2. The van der Waals surface area contributed by atoms with Gasteiger partial charge in [0.15, 0.2) is 0 Å². The number of likely N-dealkylation sites (tertiary alicyclic amines) is 1. The average molecular weight is 327 g/mol. The molecule has 2 aliphatic rings. The normalized spacial score (nSPS) is 19.3. The topological polar surface area (TPSA) is 64.8 Å². The molecule has 1 aromatic carbocycles. The van der Waals surface area contributed by atoms with Crippen molar-refractivity contribution in [1.82, 2.24) is 4.90 Å². The lowest BCUT2D eigenvalue weighted by Crippen LogP contribution is -2.49. The summed E-state index contributed by atoms with van der Waals surface area (Å²) >= 11 is 0. The van der Waals surface area contributed by atoms with Crippen LogP contribution >= 0.6 is 12.4 Å². The maximum absolute atomic E-state index is 11.7. The number of piperidine rings is 1. The van der Waals surface area contributed by atoms with Crippen molar-refractivity contribution in [3.05, 3.63) is 29.3 Å². The number of hydrogen-bond donors (Lipinski definition) is 1. The van der Waals surface area contributed by atoms with Crippen LogP contribution in [0.5, 0.6) is 5.75 Å². The highest BCUT2D eigenvalue weighted by Crippen LogP contribution is 2.45. The van der Waals surface area contributed by atoms with E-state index >= 15 is 0 Å². The van der Waals surface area contributed by atoms with E-state index < -0.39 is 0 Å². The molecule has 0 unspecified atom stereocenters. The second-order valence-corrected chi connectivity index (χ2v) is 5.67. The van der Waals surface area contributed by atoms with Gasteiger partial charge in [-0.25, -0.2) is 0 Å². The molecule has 1 amide bonds. The van der Waals surface area contributed by atoms with E-state index in [4.69, 9.17) is 15.2 Å². The maximum Gasteiger partial charge on any atom is 0.236 e. The highest BCUT2D eigenvalue weighted by Gasteiger charge is 2.43. The maximum atomic E-state index is 11.7. The lowest BCUT2D eigenvalue weighted by molar-refractivity contribution is -0.139. The van der Waals surface area contributed by atoms with Gasteiger partial charge in [-0.1, -0.05) is 12.1 Å². The van der Waals surface area contributed by atoms with Crippen LogP contribution in [0.15, 0.2) is 18.2 Å². The van der Waals surface area contributed by atoms with Crippen molar-refractivity contribution in [3.63, 3.8) is 0 Å². The van der Waals surface area contributed by atoms with E-state index in [1.165, 1.54) is 11.1 Å². The lowest BCUT2D eigenvalue weighted by atomic mass is 9.78. The fourth-order valence-corrected chi connectivity index (χ4v) is 3.54. The molecule has 1 saturated heterocycles. The zero-order valence-corrected chi connectivity index (χ0v) is 13.7. The molecule has 0 aliphatic carbocycles. The number of hydrogen-bond acceptors (Lipinski definition) is 4. The molecule has 3 rings (SSSR count). The first-order valence-corrected chi connectivity index (χ1v) is 7.48. The van der Waals surface area contributed by atoms with E-state index in [1.54, 1.807) is 7.11 Å². The second kappa shape index (κ2) is 6.86. The van der Waals surface area contributed by atoms with E-state index in [9.17, 15) is 4.79 Å². The van der Waals surface area contributed by atoms with Gasteiger partial charge in [-0.05, 0) is 30.9 Å². The quantitative estimate of drug-likeness (QED) is 0.893. The van der Waals surface area contributed by atoms with Gasteiger partial charge in [-0.2, -0.15) is 0 Å². The van der Waals surface area contributed by atoms with E-state index in [0.717, 1.165) is 31.6 Å². The predicted molar refractivity (Wildman–Crippen MR) is 86.4 cm³/mol. The largest absolute Gasteiger partial charge is 0.496 e. The minimum Gasteiger partial charge on any atom is -0.496 e. The predicted octanol–water partition coefficient (Wildman–Crippen LogP) is 1.47. The minimum absolute atomic E-state index is 0. The van der Waals surface area contributed by atoms with Crippen LogP contribution in [-0.2, 0) is 21.6 Å². The van der Waals surface area contributed by atoms with Crippen molar-refractivity contribution >= 4 is 18.3 Å². The fourth-order valence-electron chi connectivity index (χ4n) is 3.54. The average Bonchev–Trinajstić information content (AvgIpc) is 2.54. The number of nitrogens with zero attached hydrogens (tertiary/aromatic N) is 1. The summed E-state index contributed by atoms with van der Waals surface area (Å²) in [5.74, 6) is 0.909. The van der Waals surface area contributed by atoms with Crippen LogP contribution in [0.2, 0.25) is 0 Å². The Balaban J connectivity index is 0.00000176. The highest BCUT2D eigenvalue weighted by molar-refractivity contribution is 5.85. The van der Waals surface area contributed by atoms with Crippen LogP contribution in [0.3, 0.4) is 0 Å². The summed E-state index contributed by atoms with van der Waals surface area (Å²) in [5.41, 5.74) is 7.62. The van der Waals surface area contributed by atoms with Gasteiger partial charge in [0.2, 0.25) is 5.91 Å². The van der Waals surface area contributed by atoms with Gasteiger partial charge in [-0.15, -0.1) is 12.4 Å². The molecule has 6 heteroatoms. The monoisotopic (exact) mass is 326 g/mol. The van der Waals surface area contributed by atoms with E-state index in [0.29, 0.717) is 13.1 Å². The number of nitrogens with two attached hydrogens (primary N) is 1. The summed E-state index contributed by atoms with van der Waals surface area (Å²) < 4.78 is 11.7. The molecule has 1 aromatic rings. The SMILES string of the molecule is COc1cccc2c1C1(CCN(C(=O)CN)CC1)OCC2.Cl. The number of halogens is 1. The molecule has 5 nitrogen and oxygen atoms in total. The van der Waals surface area contributed by atoms with Crippen molar-refractivity contribution < 1.29 is 14.3 Å². The molecule has 2 N–H and O–H groups in total. The third-order valence-corrected chi connectivity index (χ3v) is 4.64. The summed E-state index contributed by atoms with van der Waals surface area (Å²) in [6.45, 7) is 2.18. The molecule has 2 heterocycles. The zero-order chi connectivity index (χ0) is 14.9. The van der Waals surface area contributed by atoms with Crippen LogP contribution in [0.25, 0.3) is 0 Å². The number of carbonyl (C=O) groups excluding carboxylic acids is 1. The first-order valence-electron chi connectivity index (χ1n) is 7.48. The van der Waals surface area contributed by atoms with Gasteiger partial charge in [0.1, 0.15) is 11.4 Å². The standard InChI is InChI=1S/C16H22N2O3.ClH/c1-20-13-4-2-3-12-5-10-21-16(15(12)13)6-8-18(9-7-16)14(19)11-17;/h2-4H,5-11,17H2,1H3;1H. The molecule has 1 spiro atoms. The van der Waals surface area contributed by atoms with Gasteiger partial charge in [0.25, 0.3) is 0 Å². The Morgan fingerprint density at radius 2 is 2.14 bits per heavy atom. The summed E-state index contributed by atoms with van der Waals surface area (Å²) in [4.78, 5) is 13.6. The smallest absolute Gasteiger partial charge is 0.236 e. The summed E-state index contributed by atoms with van der Waals surface area (Å²) in [6.07, 6.45) is 2.51. The fraction of sp³-hybridized carbons (Fsp3) is 0.562. The Hall–Kier alpha value is -1.30. The van der Waals surface area contributed by atoms with Gasteiger partial charge >= 0.3 is 0 Å². The van der Waals surface area contributed by atoms with Crippen molar-refractivity contribution in [2.45, 2.75) is 24.9 Å². The Labute approximate surface area is 137 Å². The second-order valence-electron chi connectivity index (χ2n) is 5.67. The molecule has 22 heavy (non-hydrogen) atoms. The summed E-state index contributed by atoms with van der Waals surface area (Å²) in [7, 11) is 1.70. The molecule has 0 bridgehead atoms. The molecule has 0 atom stereocenters. The Kier molecular flexibility index (Phi) is 5.32. The lowest BCUT2D eigenvalue weighted by Gasteiger charge is -2.45. The number of carbonyl (C=O) groups is 1. The molecular weight excluding hydrogens is 304 g/mol.